The Labute approximate surface area is 170 Å². The summed E-state index contributed by atoms with van der Waals surface area (Å²) in [5.41, 5.74) is 0. The molecule has 0 aliphatic carbocycles. The van der Waals surface area contributed by atoms with Gasteiger partial charge in [-0.25, -0.2) is 0 Å². The van der Waals surface area contributed by atoms with Crippen molar-refractivity contribution >= 4 is 5.78 Å². The van der Waals surface area contributed by atoms with Crippen LogP contribution in [0.3, 0.4) is 0 Å². The molecule has 0 aromatic heterocycles. The van der Waals surface area contributed by atoms with Crippen molar-refractivity contribution in [2.24, 2.45) is 5.92 Å². The molecule has 0 aromatic rings. The summed E-state index contributed by atoms with van der Waals surface area (Å²) in [6.45, 7) is 9.86. The molecule has 0 spiro atoms. The van der Waals surface area contributed by atoms with Gasteiger partial charge in [0.2, 0.25) is 0 Å². The summed E-state index contributed by atoms with van der Waals surface area (Å²) in [6.07, 6.45) is 0.162. The van der Waals surface area contributed by atoms with Crippen LogP contribution in [0.25, 0.3) is 0 Å². The highest BCUT2D eigenvalue weighted by atomic mass is 16.5. The van der Waals surface area contributed by atoms with Crippen LogP contribution in [0.4, 0.5) is 0 Å². The predicted molar refractivity (Wildman–Crippen MR) is 108 cm³/mol. The van der Waals surface area contributed by atoms with Gasteiger partial charge in [0.05, 0.1) is 65.6 Å². The third-order valence-corrected chi connectivity index (χ3v) is 2.18. The van der Waals surface area contributed by atoms with Crippen molar-refractivity contribution < 1.29 is 44.2 Å². The van der Waals surface area contributed by atoms with Gasteiger partial charge in [-0.1, -0.05) is 13.8 Å². The molecule has 9 heteroatoms. The summed E-state index contributed by atoms with van der Waals surface area (Å²) in [5.74, 6) is 0.813. The highest BCUT2D eigenvalue weighted by Crippen LogP contribution is 1.97. The maximum absolute atomic E-state index is 10.3. The van der Waals surface area contributed by atoms with Crippen LogP contribution in [-0.4, -0.2) is 106 Å². The van der Waals surface area contributed by atoms with Crippen LogP contribution in [0.2, 0.25) is 0 Å². The van der Waals surface area contributed by atoms with E-state index < -0.39 is 6.10 Å². The highest BCUT2D eigenvalue weighted by Gasteiger charge is 1.95. The molecule has 0 bridgehead atoms. The van der Waals surface area contributed by atoms with Crippen molar-refractivity contribution in [2.45, 2.75) is 40.2 Å². The van der Waals surface area contributed by atoms with E-state index in [2.05, 4.69) is 4.74 Å². The van der Waals surface area contributed by atoms with Crippen LogP contribution in [0.1, 0.15) is 34.1 Å². The second-order valence-electron chi connectivity index (χ2n) is 6.02. The van der Waals surface area contributed by atoms with E-state index in [0.717, 1.165) is 6.42 Å². The van der Waals surface area contributed by atoms with Crippen molar-refractivity contribution in [3.63, 3.8) is 0 Å². The lowest BCUT2D eigenvalue weighted by Crippen LogP contribution is -2.11. The molecule has 0 aliphatic rings. The quantitative estimate of drug-likeness (QED) is 0.312. The first-order valence-electron chi connectivity index (χ1n) is 9.36. The molecular weight excluding hydrogens is 372 g/mol. The first-order valence-corrected chi connectivity index (χ1v) is 9.36. The van der Waals surface area contributed by atoms with Gasteiger partial charge in [-0.2, -0.15) is 0 Å². The van der Waals surface area contributed by atoms with Crippen molar-refractivity contribution in [2.75, 3.05) is 73.7 Å². The number of methoxy groups -OCH3 is 1. The van der Waals surface area contributed by atoms with E-state index >= 15 is 0 Å². The molecule has 0 saturated carbocycles. The van der Waals surface area contributed by atoms with E-state index in [4.69, 9.17) is 34.6 Å². The average molecular weight is 417 g/mol. The van der Waals surface area contributed by atoms with Crippen LogP contribution in [0.5, 0.6) is 0 Å². The van der Waals surface area contributed by atoms with Crippen molar-refractivity contribution in [3.8, 4) is 0 Å². The number of ketones is 1. The van der Waals surface area contributed by atoms with Crippen LogP contribution in [0.15, 0.2) is 0 Å². The summed E-state index contributed by atoms with van der Waals surface area (Å²) in [5, 5.41) is 32.7. The fourth-order valence-corrected chi connectivity index (χ4v) is 1.25. The molecule has 0 saturated heterocycles. The Morgan fingerprint density at radius 2 is 1.07 bits per heavy atom. The van der Waals surface area contributed by atoms with Crippen molar-refractivity contribution in [1.82, 2.24) is 0 Å². The van der Waals surface area contributed by atoms with Crippen LogP contribution < -0.4 is 0 Å². The van der Waals surface area contributed by atoms with Crippen LogP contribution in [-0.2, 0) is 23.7 Å². The predicted octanol–water partition coefficient (Wildman–Crippen LogP) is 0.264. The minimum atomic E-state index is -0.560. The minimum Gasteiger partial charge on any atom is -0.394 e. The minimum absolute atomic E-state index is 0.0413. The summed E-state index contributed by atoms with van der Waals surface area (Å²) < 4.78 is 19.3. The Morgan fingerprint density at radius 1 is 0.786 bits per heavy atom. The molecular formula is C19H44O9. The van der Waals surface area contributed by atoms with Gasteiger partial charge < -0.3 is 44.2 Å². The van der Waals surface area contributed by atoms with Gasteiger partial charge in [0.15, 0.2) is 0 Å². The van der Waals surface area contributed by atoms with E-state index in [1.807, 2.05) is 13.8 Å². The van der Waals surface area contributed by atoms with Crippen LogP contribution in [0, 0.1) is 5.92 Å². The molecule has 0 aromatic carbocycles. The molecule has 4 N–H and O–H groups in total. The van der Waals surface area contributed by atoms with Gasteiger partial charge in [0, 0.05) is 20.6 Å². The zero-order chi connectivity index (χ0) is 22.6. The lowest BCUT2D eigenvalue weighted by Gasteiger charge is -2.04. The number of hydrogen-bond donors (Lipinski definition) is 4. The second-order valence-corrected chi connectivity index (χ2v) is 6.02. The second kappa shape index (κ2) is 33.9. The number of carbonyl (C=O) groups excluding carboxylic acids is 1. The summed E-state index contributed by atoms with van der Waals surface area (Å²) in [4.78, 5) is 10.3. The Kier molecular flexibility index (Phi) is 42.2. The Hall–Kier alpha value is -0.650. The molecule has 0 heterocycles. The molecule has 0 rings (SSSR count). The number of carbonyl (C=O) groups is 1. The van der Waals surface area contributed by atoms with Gasteiger partial charge in [0.1, 0.15) is 5.78 Å². The Balaban J connectivity index is -0.000000161. The molecule has 1 unspecified atom stereocenters. The first-order chi connectivity index (χ1) is 13.2. The number of aliphatic hydroxyl groups excluding tert-OH is 4. The zero-order valence-corrected chi connectivity index (χ0v) is 18.6. The molecule has 0 fully saturated rings. The number of hydrogen-bond acceptors (Lipinski definition) is 9. The Bertz CT molecular complexity index is 252. The topological polar surface area (TPSA) is 135 Å². The van der Waals surface area contributed by atoms with E-state index in [0.29, 0.717) is 45.6 Å². The fourth-order valence-electron chi connectivity index (χ4n) is 1.25. The van der Waals surface area contributed by atoms with E-state index in [-0.39, 0.29) is 25.6 Å². The van der Waals surface area contributed by atoms with Crippen molar-refractivity contribution in [3.05, 3.63) is 0 Å². The van der Waals surface area contributed by atoms with Gasteiger partial charge in [-0.15, -0.1) is 0 Å². The fraction of sp³-hybridized carbons (Fsp3) is 0.947. The molecule has 28 heavy (non-hydrogen) atoms. The molecule has 9 nitrogen and oxygen atoms in total. The number of rotatable bonds is 13. The van der Waals surface area contributed by atoms with Gasteiger partial charge in [-0.3, -0.25) is 0 Å². The third kappa shape index (κ3) is 63.8. The van der Waals surface area contributed by atoms with E-state index in [9.17, 15) is 4.79 Å². The highest BCUT2D eigenvalue weighted by molar-refractivity contribution is 5.75. The largest absolute Gasteiger partial charge is 0.394 e. The molecule has 174 valence electrons. The maximum atomic E-state index is 10.3. The maximum Gasteiger partial charge on any atom is 0.130 e. The normalized spacial score (nSPS) is 10.7. The lowest BCUT2D eigenvalue weighted by atomic mass is 10.1. The molecule has 0 amide bonds. The zero-order valence-electron chi connectivity index (χ0n) is 18.6. The Morgan fingerprint density at radius 3 is 1.21 bits per heavy atom. The van der Waals surface area contributed by atoms with E-state index in [1.165, 1.54) is 6.92 Å². The SMILES string of the molecule is CC(=O)CC(C)C.CC(O)CO.COC.OCCOCCOCCOCCO. The third-order valence-electron chi connectivity index (χ3n) is 2.18. The average Bonchev–Trinajstić information content (AvgIpc) is 2.61. The van der Waals surface area contributed by atoms with Gasteiger partial charge in [-0.05, 0) is 19.8 Å². The number of ether oxygens (including phenoxy) is 4. The summed E-state index contributed by atoms with van der Waals surface area (Å²) >= 11 is 0. The van der Waals surface area contributed by atoms with E-state index in [1.54, 1.807) is 21.1 Å². The van der Waals surface area contributed by atoms with Gasteiger partial charge >= 0.3 is 0 Å². The summed E-state index contributed by atoms with van der Waals surface area (Å²) in [6, 6.07) is 0. The smallest absolute Gasteiger partial charge is 0.130 e. The van der Waals surface area contributed by atoms with Gasteiger partial charge in [0.25, 0.3) is 0 Å². The standard InChI is InChI=1S/C8H18O5.C6H12O.C3H8O2.C2H6O/c9-1-3-11-5-7-13-8-6-12-4-2-10;1-5(2)4-6(3)7;1-3(5)2-4;1-3-2/h9-10H,1-8H2;5H,4H2,1-3H3;3-5H,2H2,1H3;1-2H3. The number of Topliss-reactive ketones (excluding diaryl/α,β-unsaturated/α-hetero) is 1. The summed E-state index contributed by atoms with van der Waals surface area (Å²) in [7, 11) is 3.25. The van der Waals surface area contributed by atoms with Crippen LogP contribution >= 0.6 is 0 Å². The monoisotopic (exact) mass is 416 g/mol. The number of aliphatic hydroxyl groups is 4. The molecule has 0 radical (unpaired) electrons. The first kappa shape index (κ1) is 34.8. The molecule has 1 atom stereocenters. The van der Waals surface area contributed by atoms with Crippen molar-refractivity contribution in [1.29, 1.82) is 0 Å². The lowest BCUT2D eigenvalue weighted by molar-refractivity contribution is -0.117. The molecule has 0 aliphatic heterocycles.